The predicted molar refractivity (Wildman–Crippen MR) is 118 cm³/mol. The highest BCUT2D eigenvalue weighted by atomic mass is 32.2. The van der Waals surface area contributed by atoms with Crippen LogP contribution in [0, 0.1) is 11.3 Å². The number of ether oxygens (including phenoxy) is 1. The first-order valence-corrected chi connectivity index (χ1v) is 11.6. The fourth-order valence-electron chi connectivity index (χ4n) is 3.49. The number of guanidine groups is 1. The number of nitrogens with zero attached hydrogens (tertiary/aromatic N) is 2. The van der Waals surface area contributed by atoms with Crippen molar-refractivity contribution in [3.8, 4) is 0 Å². The second-order valence-electron chi connectivity index (χ2n) is 8.58. The molecule has 1 aliphatic heterocycles. The Morgan fingerprint density at radius 1 is 1.21 bits per heavy atom. The summed E-state index contributed by atoms with van der Waals surface area (Å²) in [6.45, 7) is 8.99. The summed E-state index contributed by atoms with van der Waals surface area (Å²) in [5.41, 5.74) is 0.0394. The molecule has 8 heteroatoms. The van der Waals surface area contributed by atoms with E-state index in [2.05, 4.69) is 36.4 Å². The summed E-state index contributed by atoms with van der Waals surface area (Å²) in [6, 6.07) is 8.66. The summed E-state index contributed by atoms with van der Waals surface area (Å²) in [5.74, 6) is 1.16. The second kappa shape index (κ2) is 10.4. The third kappa shape index (κ3) is 6.69. The van der Waals surface area contributed by atoms with Gasteiger partial charge < -0.3 is 15.4 Å². The fraction of sp³-hybridized carbons (Fsp3) is 0.667. The fourth-order valence-corrected chi connectivity index (χ4v) is 4.98. The molecule has 1 aliphatic rings. The summed E-state index contributed by atoms with van der Waals surface area (Å²) < 4.78 is 32.6. The lowest BCUT2D eigenvalue weighted by Gasteiger charge is -2.32. The molecule has 1 unspecified atom stereocenters. The number of rotatable bonds is 7. The Kier molecular flexibility index (Phi) is 8.48. The Bertz CT molecular complexity index is 752. The average Bonchev–Trinajstić information content (AvgIpc) is 2.70. The highest BCUT2D eigenvalue weighted by Gasteiger charge is 2.29. The van der Waals surface area contributed by atoms with E-state index in [1.807, 2.05) is 6.07 Å². The number of methoxy groups -OCH3 is 1. The van der Waals surface area contributed by atoms with Crippen molar-refractivity contribution < 1.29 is 13.2 Å². The first kappa shape index (κ1) is 23.6. The van der Waals surface area contributed by atoms with Gasteiger partial charge in [0.05, 0.1) is 11.0 Å². The van der Waals surface area contributed by atoms with Crippen LogP contribution in [0.25, 0.3) is 0 Å². The number of sulfonamides is 1. The second-order valence-corrected chi connectivity index (χ2v) is 10.5. The zero-order valence-corrected chi connectivity index (χ0v) is 19.1. The van der Waals surface area contributed by atoms with Crippen molar-refractivity contribution in [1.82, 2.24) is 14.9 Å². The molecule has 2 N–H and O–H groups in total. The van der Waals surface area contributed by atoms with Gasteiger partial charge in [0, 0.05) is 40.3 Å². The highest BCUT2D eigenvalue weighted by Crippen LogP contribution is 2.23. The molecule has 1 saturated heterocycles. The Hall–Kier alpha value is -1.64. The number of nitrogens with one attached hydrogen (secondary N) is 2. The molecule has 0 bridgehead atoms. The van der Waals surface area contributed by atoms with E-state index in [9.17, 15) is 8.42 Å². The van der Waals surface area contributed by atoms with Gasteiger partial charge in [0.1, 0.15) is 0 Å². The molecular weight excluding hydrogens is 388 g/mol. The molecule has 1 aromatic rings. The predicted octanol–water partition coefficient (Wildman–Crippen LogP) is 2.31. The zero-order valence-electron chi connectivity index (χ0n) is 18.3. The van der Waals surface area contributed by atoms with Crippen LogP contribution in [0.5, 0.6) is 0 Å². The van der Waals surface area contributed by atoms with Crippen LogP contribution in [-0.4, -0.2) is 65.1 Å². The van der Waals surface area contributed by atoms with Gasteiger partial charge in [0.2, 0.25) is 10.0 Å². The lowest BCUT2D eigenvalue weighted by molar-refractivity contribution is 0.0205. The maximum atomic E-state index is 12.7. The van der Waals surface area contributed by atoms with E-state index in [-0.39, 0.29) is 11.5 Å². The molecule has 1 heterocycles. The lowest BCUT2D eigenvalue weighted by Crippen LogP contribution is -2.47. The van der Waals surface area contributed by atoms with Crippen molar-refractivity contribution in [2.24, 2.45) is 16.3 Å². The van der Waals surface area contributed by atoms with Crippen molar-refractivity contribution in [3.05, 3.63) is 30.3 Å². The SMILES string of the molecule is CN=C(NCC1CCN(S(=O)(=O)c2ccccc2)CC1)NCC(OC)C(C)(C)C. The smallest absolute Gasteiger partial charge is 0.243 e. The molecule has 2 rings (SSSR count). The van der Waals surface area contributed by atoms with Crippen molar-refractivity contribution >= 4 is 16.0 Å². The summed E-state index contributed by atoms with van der Waals surface area (Å²) in [5, 5.41) is 6.70. The van der Waals surface area contributed by atoms with Gasteiger partial charge >= 0.3 is 0 Å². The minimum absolute atomic E-state index is 0.0394. The van der Waals surface area contributed by atoms with Gasteiger partial charge in [0.25, 0.3) is 0 Å². The van der Waals surface area contributed by atoms with Crippen molar-refractivity contribution in [2.75, 3.05) is 40.3 Å². The highest BCUT2D eigenvalue weighted by molar-refractivity contribution is 7.89. The summed E-state index contributed by atoms with van der Waals surface area (Å²) in [7, 11) is 0.0869. The first-order valence-electron chi connectivity index (χ1n) is 10.2. The molecule has 0 radical (unpaired) electrons. The third-order valence-corrected chi connectivity index (χ3v) is 7.35. The van der Waals surface area contributed by atoms with Crippen molar-refractivity contribution in [2.45, 2.75) is 44.6 Å². The molecule has 1 aromatic carbocycles. The van der Waals surface area contributed by atoms with Gasteiger partial charge in [-0.25, -0.2) is 8.42 Å². The van der Waals surface area contributed by atoms with Crippen LogP contribution < -0.4 is 10.6 Å². The molecule has 0 aliphatic carbocycles. The Morgan fingerprint density at radius 3 is 2.34 bits per heavy atom. The van der Waals surface area contributed by atoms with Crippen LogP contribution in [0.15, 0.2) is 40.2 Å². The standard InChI is InChI=1S/C21H36N4O3S/c1-21(2,3)19(28-5)16-24-20(22-4)23-15-17-11-13-25(14-12-17)29(26,27)18-9-7-6-8-10-18/h6-10,17,19H,11-16H2,1-5H3,(H2,22,23,24). The van der Waals surface area contributed by atoms with Gasteiger partial charge in [0.15, 0.2) is 5.96 Å². The van der Waals surface area contributed by atoms with Crippen LogP contribution in [0.1, 0.15) is 33.6 Å². The molecule has 29 heavy (non-hydrogen) atoms. The minimum Gasteiger partial charge on any atom is -0.379 e. The van der Waals surface area contributed by atoms with Crippen LogP contribution in [0.2, 0.25) is 0 Å². The average molecular weight is 425 g/mol. The number of aliphatic imine (C=N–C) groups is 1. The first-order chi connectivity index (χ1) is 13.7. The Morgan fingerprint density at radius 2 is 1.83 bits per heavy atom. The van der Waals surface area contributed by atoms with E-state index in [0.717, 1.165) is 25.3 Å². The van der Waals surface area contributed by atoms with Gasteiger partial charge in [-0.15, -0.1) is 0 Å². The summed E-state index contributed by atoms with van der Waals surface area (Å²) in [4.78, 5) is 4.66. The van der Waals surface area contributed by atoms with E-state index in [1.54, 1.807) is 42.7 Å². The number of hydrogen-bond acceptors (Lipinski definition) is 4. The monoisotopic (exact) mass is 424 g/mol. The van der Waals surface area contributed by atoms with E-state index >= 15 is 0 Å². The summed E-state index contributed by atoms with van der Waals surface area (Å²) in [6.07, 6.45) is 1.74. The number of piperidine rings is 1. The quantitative estimate of drug-likeness (QED) is 0.518. The molecule has 0 spiro atoms. The maximum Gasteiger partial charge on any atom is 0.243 e. The molecule has 1 fully saturated rings. The van der Waals surface area contributed by atoms with Crippen LogP contribution in [0.4, 0.5) is 0 Å². The largest absolute Gasteiger partial charge is 0.379 e. The molecule has 164 valence electrons. The van der Waals surface area contributed by atoms with Crippen LogP contribution in [0.3, 0.4) is 0 Å². The van der Waals surface area contributed by atoms with Gasteiger partial charge in [-0.2, -0.15) is 4.31 Å². The van der Waals surface area contributed by atoms with E-state index in [4.69, 9.17) is 4.74 Å². The summed E-state index contributed by atoms with van der Waals surface area (Å²) >= 11 is 0. The van der Waals surface area contributed by atoms with Gasteiger partial charge in [-0.3, -0.25) is 4.99 Å². The number of hydrogen-bond donors (Lipinski definition) is 2. The molecular formula is C21H36N4O3S. The zero-order chi connectivity index (χ0) is 21.5. The van der Waals surface area contributed by atoms with Crippen LogP contribution >= 0.6 is 0 Å². The number of benzene rings is 1. The third-order valence-electron chi connectivity index (χ3n) is 5.44. The van der Waals surface area contributed by atoms with Crippen LogP contribution in [-0.2, 0) is 14.8 Å². The molecule has 1 atom stereocenters. The van der Waals surface area contributed by atoms with Crippen molar-refractivity contribution in [1.29, 1.82) is 0 Å². The van der Waals surface area contributed by atoms with Gasteiger partial charge in [-0.05, 0) is 36.3 Å². The maximum absolute atomic E-state index is 12.7. The van der Waals surface area contributed by atoms with Gasteiger partial charge in [-0.1, -0.05) is 39.0 Å². The topological polar surface area (TPSA) is 83.0 Å². The Balaban J connectivity index is 1.80. The van der Waals surface area contributed by atoms with E-state index < -0.39 is 10.0 Å². The normalized spacial score (nSPS) is 18.4. The minimum atomic E-state index is -3.39. The molecule has 0 amide bonds. The molecule has 7 nitrogen and oxygen atoms in total. The van der Waals surface area contributed by atoms with E-state index in [1.165, 1.54) is 0 Å². The van der Waals surface area contributed by atoms with Crippen molar-refractivity contribution in [3.63, 3.8) is 0 Å². The van der Waals surface area contributed by atoms with E-state index in [0.29, 0.717) is 30.4 Å². The molecule has 0 aromatic heterocycles. The Labute approximate surface area is 176 Å². The molecule has 0 saturated carbocycles. The lowest BCUT2D eigenvalue weighted by atomic mass is 9.89.